The molecule has 8 heteroatoms. The predicted octanol–water partition coefficient (Wildman–Crippen LogP) is 2.49. The number of benzene rings is 1. The molecule has 0 spiro atoms. The van der Waals surface area contributed by atoms with Gasteiger partial charge in [0.15, 0.2) is 13.1 Å². The molecule has 1 aliphatic rings. The molecule has 0 saturated heterocycles. The number of quaternary nitrogens is 1. The van der Waals surface area contributed by atoms with Crippen molar-refractivity contribution >= 4 is 45.4 Å². The van der Waals surface area contributed by atoms with E-state index < -0.39 is 0 Å². The average Bonchev–Trinajstić information content (AvgIpc) is 2.98. The van der Waals surface area contributed by atoms with Crippen molar-refractivity contribution < 1.29 is 14.5 Å². The molecule has 29 heavy (non-hydrogen) atoms. The van der Waals surface area contributed by atoms with Crippen molar-refractivity contribution in [3.8, 4) is 6.07 Å². The van der Waals surface area contributed by atoms with E-state index in [9.17, 15) is 14.9 Å². The Morgan fingerprint density at radius 3 is 2.66 bits per heavy atom. The zero-order chi connectivity index (χ0) is 21.0. The lowest BCUT2D eigenvalue weighted by Gasteiger charge is -2.17. The molecule has 152 valence electrons. The van der Waals surface area contributed by atoms with Gasteiger partial charge in [-0.15, -0.1) is 11.3 Å². The Morgan fingerprint density at radius 1 is 1.28 bits per heavy atom. The molecule has 6 nitrogen and oxygen atoms in total. The summed E-state index contributed by atoms with van der Waals surface area (Å²) in [6, 6.07) is 9.27. The van der Waals surface area contributed by atoms with Crippen molar-refractivity contribution in [2.75, 3.05) is 30.8 Å². The predicted molar refractivity (Wildman–Crippen MR) is 116 cm³/mol. The number of para-hydroxylation sites is 1. The summed E-state index contributed by atoms with van der Waals surface area (Å²) in [4.78, 5) is 26.6. The summed E-state index contributed by atoms with van der Waals surface area (Å²) in [6.07, 6.45) is 2.91. The second kappa shape index (κ2) is 9.40. The molecule has 1 aliphatic carbocycles. The van der Waals surface area contributed by atoms with Gasteiger partial charge in [0.05, 0.1) is 23.3 Å². The molecule has 1 aromatic heterocycles. The Kier molecular flexibility index (Phi) is 6.91. The van der Waals surface area contributed by atoms with Crippen molar-refractivity contribution in [1.29, 1.82) is 5.26 Å². The Balaban J connectivity index is 1.56. The number of nitrogens with zero attached hydrogens (tertiary/aromatic N) is 1. The van der Waals surface area contributed by atoms with Crippen LogP contribution in [0.15, 0.2) is 24.3 Å². The van der Waals surface area contributed by atoms with E-state index in [-0.39, 0.29) is 24.9 Å². The number of likely N-dealkylation sites (N-methyl/N-ethyl adjacent to an activating group) is 1. The SMILES string of the molecule is CC1CCc2c(sc(NC(=O)C[NH+](C)CC(=O)Nc3ccccc3Cl)c2C#N)C1. The van der Waals surface area contributed by atoms with Crippen LogP contribution in [0.4, 0.5) is 10.7 Å². The highest BCUT2D eigenvalue weighted by molar-refractivity contribution is 7.16. The molecule has 0 fully saturated rings. The van der Waals surface area contributed by atoms with E-state index >= 15 is 0 Å². The highest BCUT2D eigenvalue weighted by Crippen LogP contribution is 2.39. The molecule has 2 aromatic rings. The van der Waals surface area contributed by atoms with Gasteiger partial charge in [-0.1, -0.05) is 30.7 Å². The van der Waals surface area contributed by atoms with Gasteiger partial charge < -0.3 is 15.5 Å². The van der Waals surface area contributed by atoms with Gasteiger partial charge in [0.1, 0.15) is 11.1 Å². The molecule has 3 rings (SSSR count). The van der Waals surface area contributed by atoms with E-state index in [0.717, 1.165) is 29.7 Å². The molecule has 2 unspecified atom stereocenters. The minimum atomic E-state index is -0.221. The second-order valence-electron chi connectivity index (χ2n) is 7.55. The Hall–Kier alpha value is -2.40. The quantitative estimate of drug-likeness (QED) is 0.656. The second-order valence-corrected chi connectivity index (χ2v) is 9.07. The summed E-state index contributed by atoms with van der Waals surface area (Å²) in [7, 11) is 1.78. The van der Waals surface area contributed by atoms with Crippen LogP contribution < -0.4 is 15.5 Å². The van der Waals surface area contributed by atoms with E-state index in [1.807, 2.05) is 0 Å². The summed E-state index contributed by atoms with van der Waals surface area (Å²) in [5, 5.41) is 16.3. The normalized spacial score (nSPS) is 16.4. The number of amides is 2. The zero-order valence-electron chi connectivity index (χ0n) is 16.5. The molecule has 0 saturated carbocycles. The third-order valence-corrected chi connectivity index (χ3v) is 6.45. The number of anilines is 2. The topological polar surface area (TPSA) is 86.4 Å². The van der Waals surface area contributed by atoms with Crippen molar-refractivity contribution in [2.45, 2.75) is 26.2 Å². The van der Waals surface area contributed by atoms with Crippen LogP contribution in [0.1, 0.15) is 29.3 Å². The summed E-state index contributed by atoms with van der Waals surface area (Å²) < 4.78 is 0. The first-order chi connectivity index (χ1) is 13.9. The van der Waals surface area contributed by atoms with Crippen LogP contribution in [0.25, 0.3) is 0 Å². The lowest BCUT2D eigenvalue weighted by Crippen LogP contribution is -3.11. The highest BCUT2D eigenvalue weighted by atomic mass is 35.5. The van der Waals surface area contributed by atoms with Gasteiger partial charge in [-0.25, -0.2) is 0 Å². The first-order valence-corrected chi connectivity index (χ1v) is 10.8. The highest BCUT2D eigenvalue weighted by Gasteiger charge is 2.25. The maximum Gasteiger partial charge on any atom is 0.280 e. The Morgan fingerprint density at radius 2 is 1.97 bits per heavy atom. The van der Waals surface area contributed by atoms with E-state index in [0.29, 0.717) is 27.2 Å². The van der Waals surface area contributed by atoms with E-state index in [1.165, 1.54) is 16.2 Å². The molecule has 0 bridgehead atoms. The van der Waals surface area contributed by atoms with Gasteiger partial charge in [0.2, 0.25) is 0 Å². The standard InChI is InChI=1S/C21H23ClN4O2S/c1-13-7-8-14-15(10-23)21(29-18(14)9-13)25-20(28)12-26(2)11-19(27)24-17-6-4-3-5-16(17)22/h3-6,13H,7-9,11-12H2,1-2H3,(H,24,27)(H,25,28)/p+1. The summed E-state index contributed by atoms with van der Waals surface area (Å²) in [6.45, 7) is 2.46. The van der Waals surface area contributed by atoms with Gasteiger partial charge in [0, 0.05) is 4.88 Å². The van der Waals surface area contributed by atoms with Gasteiger partial charge >= 0.3 is 0 Å². The number of hydrogen-bond donors (Lipinski definition) is 3. The smallest absolute Gasteiger partial charge is 0.280 e. The first-order valence-electron chi connectivity index (χ1n) is 9.57. The number of hydrogen-bond acceptors (Lipinski definition) is 4. The van der Waals surface area contributed by atoms with Crippen LogP contribution in [-0.2, 0) is 22.4 Å². The maximum absolute atomic E-state index is 12.5. The minimum absolute atomic E-state index is 0.125. The number of nitrogens with one attached hydrogen (secondary N) is 3. The molecule has 1 heterocycles. The largest absolute Gasteiger partial charge is 0.322 e. The lowest BCUT2D eigenvalue weighted by molar-refractivity contribution is -0.862. The molecule has 1 aromatic carbocycles. The van der Waals surface area contributed by atoms with Gasteiger partial charge in [0.25, 0.3) is 11.8 Å². The number of carbonyl (C=O) groups excluding carboxylic acids is 2. The maximum atomic E-state index is 12.5. The number of carbonyl (C=O) groups is 2. The van der Waals surface area contributed by atoms with Crippen LogP contribution in [0.2, 0.25) is 5.02 Å². The fraction of sp³-hybridized carbons (Fsp3) is 0.381. The Bertz CT molecular complexity index is 966. The minimum Gasteiger partial charge on any atom is -0.322 e. The average molecular weight is 432 g/mol. The van der Waals surface area contributed by atoms with E-state index in [2.05, 4.69) is 23.6 Å². The van der Waals surface area contributed by atoms with Crippen molar-refractivity contribution in [1.82, 2.24) is 0 Å². The van der Waals surface area contributed by atoms with Gasteiger partial charge in [-0.3, -0.25) is 9.59 Å². The number of thiophene rings is 1. The van der Waals surface area contributed by atoms with E-state index in [1.54, 1.807) is 31.3 Å². The number of nitriles is 1. The number of rotatable bonds is 6. The summed E-state index contributed by atoms with van der Waals surface area (Å²) in [5.41, 5.74) is 2.23. The fourth-order valence-corrected chi connectivity index (χ4v) is 5.06. The monoisotopic (exact) mass is 431 g/mol. The van der Waals surface area contributed by atoms with Crippen LogP contribution in [0.5, 0.6) is 0 Å². The summed E-state index contributed by atoms with van der Waals surface area (Å²) in [5.74, 6) is 0.168. The molecule has 0 aliphatic heterocycles. The third kappa shape index (κ3) is 5.36. The van der Waals surface area contributed by atoms with Crippen molar-refractivity contribution in [2.24, 2.45) is 5.92 Å². The molecule has 2 atom stereocenters. The van der Waals surface area contributed by atoms with Crippen LogP contribution >= 0.6 is 22.9 Å². The molecular formula is C21H24ClN4O2S+. The fourth-order valence-electron chi connectivity index (χ4n) is 3.50. The molecular weight excluding hydrogens is 408 g/mol. The number of halogens is 1. The molecule has 2 amide bonds. The first kappa shape index (κ1) is 21.3. The van der Waals surface area contributed by atoms with Crippen molar-refractivity contribution in [3.05, 3.63) is 45.3 Å². The number of fused-ring (bicyclic) bond motifs is 1. The van der Waals surface area contributed by atoms with Crippen LogP contribution in [-0.4, -0.2) is 32.0 Å². The van der Waals surface area contributed by atoms with Gasteiger partial charge in [-0.2, -0.15) is 5.26 Å². The third-order valence-electron chi connectivity index (χ3n) is 4.95. The van der Waals surface area contributed by atoms with Gasteiger partial charge in [-0.05, 0) is 42.9 Å². The molecule has 3 N–H and O–H groups in total. The lowest BCUT2D eigenvalue weighted by atomic mass is 9.89. The van der Waals surface area contributed by atoms with Crippen LogP contribution in [0, 0.1) is 17.2 Å². The molecule has 0 radical (unpaired) electrons. The summed E-state index contributed by atoms with van der Waals surface area (Å²) >= 11 is 7.55. The zero-order valence-corrected chi connectivity index (χ0v) is 18.0. The van der Waals surface area contributed by atoms with E-state index in [4.69, 9.17) is 11.6 Å². The van der Waals surface area contributed by atoms with Crippen molar-refractivity contribution in [3.63, 3.8) is 0 Å². The van der Waals surface area contributed by atoms with Crippen LogP contribution in [0.3, 0.4) is 0 Å². The Labute approximate surface area is 179 Å².